The number of nitrogens with one attached hydrogen (secondary N) is 1. The van der Waals surface area contributed by atoms with Crippen molar-refractivity contribution >= 4 is 5.91 Å². The molecule has 144 valence electrons. The summed E-state index contributed by atoms with van der Waals surface area (Å²) in [5, 5.41) is 17.3. The van der Waals surface area contributed by atoms with Crippen molar-refractivity contribution in [1.29, 1.82) is 0 Å². The van der Waals surface area contributed by atoms with Crippen LogP contribution in [-0.4, -0.2) is 64.6 Å². The smallest absolute Gasteiger partial charge is 0.272 e. The van der Waals surface area contributed by atoms with Crippen molar-refractivity contribution in [2.75, 3.05) is 20.8 Å². The summed E-state index contributed by atoms with van der Waals surface area (Å²) in [5.74, 6) is 0.597. The van der Waals surface area contributed by atoms with E-state index in [0.29, 0.717) is 36.5 Å². The quantitative estimate of drug-likeness (QED) is 0.861. The van der Waals surface area contributed by atoms with Crippen LogP contribution in [0.5, 0.6) is 5.75 Å². The number of H-pyrrole nitrogens is 1. The average molecular weight is 371 g/mol. The third-order valence-electron chi connectivity index (χ3n) is 6.01. The monoisotopic (exact) mass is 371 g/mol. The largest absolute Gasteiger partial charge is 0.496 e. The van der Waals surface area contributed by atoms with Crippen LogP contribution in [0.2, 0.25) is 0 Å². The Balaban J connectivity index is 1.60. The van der Waals surface area contributed by atoms with Gasteiger partial charge >= 0.3 is 0 Å². The van der Waals surface area contributed by atoms with Crippen LogP contribution in [0, 0.1) is 0 Å². The lowest BCUT2D eigenvalue weighted by Crippen LogP contribution is -2.52. The highest BCUT2D eigenvalue weighted by molar-refractivity contribution is 5.94. The Bertz CT molecular complexity index is 836. The Morgan fingerprint density at radius 3 is 2.93 bits per heavy atom. The molecule has 2 aliphatic rings. The first kappa shape index (κ1) is 18.0. The highest BCUT2D eigenvalue weighted by atomic mass is 16.5. The highest BCUT2D eigenvalue weighted by Gasteiger charge is 2.52. The molecule has 0 bridgehead atoms. The van der Waals surface area contributed by atoms with Gasteiger partial charge in [-0.2, -0.15) is 5.10 Å². The predicted molar refractivity (Wildman–Crippen MR) is 99.6 cm³/mol. The summed E-state index contributed by atoms with van der Waals surface area (Å²) in [5.41, 5.74) is 1.58. The van der Waals surface area contributed by atoms with Crippen LogP contribution < -0.4 is 4.74 Å². The van der Waals surface area contributed by atoms with E-state index in [1.807, 2.05) is 29.2 Å². The molecule has 2 aromatic rings. The number of benzene rings is 1. The third-order valence-corrected chi connectivity index (χ3v) is 6.01. The lowest BCUT2D eigenvalue weighted by atomic mass is 9.79. The molecule has 2 fully saturated rings. The number of aromatic amines is 1. The molecule has 7 nitrogen and oxygen atoms in total. The summed E-state index contributed by atoms with van der Waals surface area (Å²) in [4.78, 5) is 15.0. The van der Waals surface area contributed by atoms with Gasteiger partial charge < -0.3 is 19.5 Å². The van der Waals surface area contributed by atoms with Crippen LogP contribution in [0.15, 0.2) is 30.3 Å². The SMILES string of the molecule is COc1ccccc1-c1cc(C(=O)N2CC[C@]3(OC)CC[C@@H](O)C[C@H]23)[nH]n1. The molecule has 2 N–H and O–H groups in total. The number of hydrogen-bond donors (Lipinski definition) is 2. The molecule has 3 atom stereocenters. The van der Waals surface area contributed by atoms with Crippen molar-refractivity contribution in [2.24, 2.45) is 0 Å². The molecule has 1 aliphatic carbocycles. The summed E-state index contributed by atoms with van der Waals surface area (Å²) in [7, 11) is 3.31. The fourth-order valence-electron chi connectivity index (χ4n) is 4.50. The molecule has 0 radical (unpaired) electrons. The van der Waals surface area contributed by atoms with Crippen LogP contribution in [-0.2, 0) is 4.74 Å². The molecule has 1 aromatic carbocycles. The zero-order valence-electron chi connectivity index (χ0n) is 15.6. The molecule has 0 unspecified atom stereocenters. The molecule has 1 aliphatic heterocycles. The lowest BCUT2D eigenvalue weighted by Gasteiger charge is -2.42. The van der Waals surface area contributed by atoms with Crippen molar-refractivity contribution in [3.05, 3.63) is 36.0 Å². The van der Waals surface area contributed by atoms with Gasteiger partial charge in [0.2, 0.25) is 0 Å². The van der Waals surface area contributed by atoms with Gasteiger partial charge in [0, 0.05) is 19.2 Å². The van der Waals surface area contributed by atoms with E-state index in [1.165, 1.54) is 0 Å². The number of carbonyl (C=O) groups excluding carboxylic acids is 1. The van der Waals surface area contributed by atoms with Crippen molar-refractivity contribution in [2.45, 2.75) is 43.4 Å². The number of amides is 1. The van der Waals surface area contributed by atoms with Gasteiger partial charge in [-0.15, -0.1) is 0 Å². The molecule has 2 heterocycles. The van der Waals surface area contributed by atoms with Gasteiger partial charge in [0.1, 0.15) is 11.4 Å². The number of ether oxygens (including phenoxy) is 2. The molecule has 1 saturated carbocycles. The lowest BCUT2D eigenvalue weighted by molar-refractivity contribution is -0.0824. The highest BCUT2D eigenvalue weighted by Crippen LogP contribution is 2.43. The minimum atomic E-state index is -0.391. The van der Waals surface area contributed by atoms with E-state index in [-0.39, 0.29) is 17.6 Å². The maximum absolute atomic E-state index is 13.2. The van der Waals surface area contributed by atoms with Gasteiger partial charge in [0.15, 0.2) is 0 Å². The second kappa shape index (κ2) is 6.98. The van der Waals surface area contributed by atoms with Crippen molar-refractivity contribution < 1.29 is 19.4 Å². The first-order valence-corrected chi connectivity index (χ1v) is 9.31. The van der Waals surface area contributed by atoms with Gasteiger partial charge in [0.25, 0.3) is 5.91 Å². The number of methoxy groups -OCH3 is 2. The van der Waals surface area contributed by atoms with Crippen LogP contribution in [0.1, 0.15) is 36.2 Å². The molecule has 1 amide bonds. The van der Waals surface area contributed by atoms with Gasteiger partial charge in [-0.3, -0.25) is 9.89 Å². The number of rotatable bonds is 4. The average Bonchev–Trinajstić information content (AvgIpc) is 3.33. The Morgan fingerprint density at radius 2 is 2.15 bits per heavy atom. The number of carbonyl (C=O) groups is 1. The van der Waals surface area contributed by atoms with E-state index in [4.69, 9.17) is 9.47 Å². The standard InChI is InChI=1S/C20H25N3O4/c1-26-17-6-4-3-5-14(17)15-12-16(22-21-15)19(25)23-10-9-20(27-2)8-7-13(24)11-18(20)23/h3-6,12-13,18,24H,7-11H2,1-2H3,(H,21,22)/t13-,18+,20-/m1/s1. The number of aliphatic hydroxyl groups is 1. The van der Waals surface area contributed by atoms with Crippen LogP contribution in [0.25, 0.3) is 11.3 Å². The number of para-hydroxylation sites is 1. The molecule has 7 heteroatoms. The van der Waals surface area contributed by atoms with E-state index in [9.17, 15) is 9.90 Å². The van der Waals surface area contributed by atoms with E-state index < -0.39 is 6.10 Å². The fraction of sp³-hybridized carbons (Fsp3) is 0.500. The summed E-state index contributed by atoms with van der Waals surface area (Å²) in [6.45, 7) is 0.618. The molecule has 1 aromatic heterocycles. The summed E-state index contributed by atoms with van der Waals surface area (Å²) in [6.07, 6.45) is 2.44. The summed E-state index contributed by atoms with van der Waals surface area (Å²) < 4.78 is 11.2. The number of aliphatic hydroxyl groups excluding tert-OH is 1. The second-order valence-electron chi connectivity index (χ2n) is 7.33. The summed E-state index contributed by atoms with van der Waals surface area (Å²) in [6, 6.07) is 9.22. The Morgan fingerprint density at radius 1 is 1.33 bits per heavy atom. The third kappa shape index (κ3) is 3.00. The van der Waals surface area contributed by atoms with E-state index in [1.54, 1.807) is 20.3 Å². The topological polar surface area (TPSA) is 87.7 Å². The van der Waals surface area contributed by atoms with Crippen molar-refractivity contribution in [3.63, 3.8) is 0 Å². The molecule has 0 spiro atoms. The van der Waals surface area contributed by atoms with Gasteiger partial charge in [-0.05, 0) is 43.9 Å². The van der Waals surface area contributed by atoms with Crippen molar-refractivity contribution in [3.8, 4) is 17.0 Å². The number of hydrogen-bond acceptors (Lipinski definition) is 5. The number of fused-ring (bicyclic) bond motifs is 1. The van der Waals surface area contributed by atoms with E-state index in [0.717, 1.165) is 18.4 Å². The maximum atomic E-state index is 13.2. The van der Waals surface area contributed by atoms with E-state index in [2.05, 4.69) is 10.2 Å². The van der Waals surface area contributed by atoms with Gasteiger partial charge in [-0.25, -0.2) is 0 Å². The first-order valence-electron chi connectivity index (χ1n) is 9.31. The Kier molecular flexibility index (Phi) is 4.65. The zero-order valence-corrected chi connectivity index (χ0v) is 15.6. The number of likely N-dealkylation sites (tertiary alicyclic amines) is 1. The van der Waals surface area contributed by atoms with Crippen LogP contribution >= 0.6 is 0 Å². The fourth-order valence-corrected chi connectivity index (χ4v) is 4.50. The van der Waals surface area contributed by atoms with Crippen molar-refractivity contribution in [1.82, 2.24) is 15.1 Å². The molecular formula is C20H25N3O4. The van der Waals surface area contributed by atoms with Gasteiger partial charge in [-0.1, -0.05) is 12.1 Å². The first-order chi connectivity index (χ1) is 13.1. The summed E-state index contributed by atoms with van der Waals surface area (Å²) >= 11 is 0. The maximum Gasteiger partial charge on any atom is 0.272 e. The molecule has 27 heavy (non-hydrogen) atoms. The number of aromatic nitrogens is 2. The minimum Gasteiger partial charge on any atom is -0.496 e. The van der Waals surface area contributed by atoms with E-state index >= 15 is 0 Å². The minimum absolute atomic E-state index is 0.110. The predicted octanol–water partition coefficient (Wildman–Crippen LogP) is 2.23. The Hall–Kier alpha value is -2.38. The normalized spacial score (nSPS) is 27.4. The number of nitrogens with zero attached hydrogens (tertiary/aromatic N) is 2. The molecular weight excluding hydrogens is 346 g/mol. The second-order valence-corrected chi connectivity index (χ2v) is 7.33. The molecule has 1 saturated heterocycles. The van der Waals surface area contributed by atoms with Gasteiger partial charge in [0.05, 0.1) is 30.6 Å². The Labute approximate surface area is 158 Å². The molecule has 4 rings (SSSR count). The van der Waals surface area contributed by atoms with Crippen LogP contribution in [0.3, 0.4) is 0 Å². The van der Waals surface area contributed by atoms with Crippen LogP contribution in [0.4, 0.5) is 0 Å². The zero-order chi connectivity index (χ0) is 19.0.